The summed E-state index contributed by atoms with van der Waals surface area (Å²) in [6.45, 7) is 3.87. The van der Waals surface area contributed by atoms with E-state index in [1.807, 2.05) is 37.3 Å². The van der Waals surface area contributed by atoms with Gasteiger partial charge in [-0.1, -0.05) is 35.5 Å². The summed E-state index contributed by atoms with van der Waals surface area (Å²) in [5, 5.41) is 3.84. The normalized spacial score (nSPS) is 11.7. The summed E-state index contributed by atoms with van der Waals surface area (Å²) in [7, 11) is -3.57. The maximum absolute atomic E-state index is 12.5. The zero-order valence-electron chi connectivity index (χ0n) is 12.7. The van der Waals surface area contributed by atoms with Crippen LogP contribution in [0.4, 0.5) is 0 Å². The molecule has 0 fully saturated rings. The maximum atomic E-state index is 12.5. The summed E-state index contributed by atoms with van der Waals surface area (Å²) < 4.78 is 32.9. The highest BCUT2D eigenvalue weighted by molar-refractivity contribution is 7.89. The van der Waals surface area contributed by atoms with E-state index in [2.05, 4.69) is 9.88 Å². The van der Waals surface area contributed by atoms with Gasteiger partial charge in [0.2, 0.25) is 10.0 Å². The lowest BCUT2D eigenvalue weighted by atomic mass is 10.2. The van der Waals surface area contributed by atoms with E-state index in [1.54, 1.807) is 19.1 Å². The molecule has 0 atom stereocenters. The summed E-state index contributed by atoms with van der Waals surface area (Å²) in [5.74, 6) is 0.583. The molecule has 3 rings (SSSR count). The van der Waals surface area contributed by atoms with Crippen LogP contribution >= 0.6 is 11.3 Å². The lowest BCUT2D eigenvalue weighted by Gasteiger charge is -2.06. The van der Waals surface area contributed by atoms with Crippen LogP contribution < -0.4 is 4.72 Å². The quantitative estimate of drug-likeness (QED) is 0.766. The first-order chi connectivity index (χ1) is 11.0. The SMILES string of the molecule is Cc1cc(-c2cc(S(=O)(=O)NCc3ccccc3)c(C)s2)on1. The highest BCUT2D eigenvalue weighted by Gasteiger charge is 2.21. The van der Waals surface area contributed by atoms with Crippen LogP contribution in [0.5, 0.6) is 0 Å². The van der Waals surface area contributed by atoms with E-state index in [1.165, 1.54) is 11.3 Å². The minimum Gasteiger partial charge on any atom is -0.355 e. The first kappa shape index (κ1) is 15.9. The molecule has 0 radical (unpaired) electrons. The number of aromatic nitrogens is 1. The number of hydrogen-bond donors (Lipinski definition) is 1. The first-order valence-corrected chi connectivity index (χ1v) is 9.33. The standard InChI is InChI=1S/C16H16N2O3S2/c1-11-8-14(21-18-11)15-9-16(12(2)22-15)23(19,20)17-10-13-6-4-3-5-7-13/h3-9,17H,10H2,1-2H3. The van der Waals surface area contributed by atoms with Gasteiger partial charge in [0.25, 0.3) is 0 Å². The Kier molecular flexibility index (Phi) is 4.34. The summed E-state index contributed by atoms with van der Waals surface area (Å²) in [6.07, 6.45) is 0. The molecule has 0 aliphatic rings. The van der Waals surface area contributed by atoms with Crippen LogP contribution in [-0.2, 0) is 16.6 Å². The number of benzene rings is 1. The molecule has 0 saturated heterocycles. The third kappa shape index (κ3) is 3.52. The van der Waals surface area contributed by atoms with Crippen molar-refractivity contribution in [3.63, 3.8) is 0 Å². The molecule has 3 aromatic rings. The van der Waals surface area contributed by atoms with Crippen molar-refractivity contribution >= 4 is 21.4 Å². The van der Waals surface area contributed by atoms with Crippen molar-refractivity contribution < 1.29 is 12.9 Å². The third-order valence-electron chi connectivity index (χ3n) is 3.34. The minimum atomic E-state index is -3.57. The number of thiophene rings is 1. The topological polar surface area (TPSA) is 72.2 Å². The van der Waals surface area contributed by atoms with E-state index in [9.17, 15) is 8.42 Å². The molecule has 0 saturated carbocycles. The molecular formula is C16H16N2O3S2. The highest BCUT2D eigenvalue weighted by atomic mass is 32.2. The smallest absolute Gasteiger partial charge is 0.241 e. The molecule has 1 aromatic carbocycles. The van der Waals surface area contributed by atoms with E-state index in [0.29, 0.717) is 5.76 Å². The monoisotopic (exact) mass is 348 g/mol. The lowest BCUT2D eigenvalue weighted by molar-refractivity contribution is 0.428. The highest BCUT2D eigenvalue weighted by Crippen LogP contribution is 2.33. The van der Waals surface area contributed by atoms with Crippen molar-refractivity contribution in [2.24, 2.45) is 0 Å². The molecule has 0 aliphatic heterocycles. The van der Waals surface area contributed by atoms with Gasteiger partial charge in [-0.2, -0.15) is 0 Å². The average molecular weight is 348 g/mol. The molecule has 1 N–H and O–H groups in total. The van der Waals surface area contributed by atoms with E-state index in [4.69, 9.17) is 4.52 Å². The number of rotatable bonds is 5. The van der Waals surface area contributed by atoms with Gasteiger partial charge in [-0.15, -0.1) is 11.3 Å². The van der Waals surface area contributed by atoms with Gasteiger partial charge in [0.15, 0.2) is 5.76 Å². The lowest BCUT2D eigenvalue weighted by Crippen LogP contribution is -2.23. The van der Waals surface area contributed by atoms with Crippen LogP contribution in [0, 0.1) is 13.8 Å². The fourth-order valence-electron chi connectivity index (χ4n) is 2.19. The number of hydrogen-bond acceptors (Lipinski definition) is 5. The van der Waals surface area contributed by atoms with Crippen molar-refractivity contribution in [1.29, 1.82) is 0 Å². The number of aryl methyl sites for hydroxylation is 2. The Morgan fingerprint density at radius 1 is 1.17 bits per heavy atom. The summed E-state index contributed by atoms with van der Waals surface area (Å²) >= 11 is 1.38. The van der Waals surface area contributed by atoms with Gasteiger partial charge in [-0.25, -0.2) is 13.1 Å². The van der Waals surface area contributed by atoms with Crippen LogP contribution in [0.3, 0.4) is 0 Å². The molecule has 120 valence electrons. The van der Waals surface area contributed by atoms with Crippen LogP contribution in [-0.4, -0.2) is 13.6 Å². The molecule has 23 heavy (non-hydrogen) atoms. The van der Waals surface area contributed by atoms with Crippen molar-refractivity contribution in [3.05, 3.63) is 58.6 Å². The van der Waals surface area contributed by atoms with Crippen LogP contribution in [0.25, 0.3) is 10.6 Å². The summed E-state index contributed by atoms with van der Waals surface area (Å²) in [4.78, 5) is 1.75. The van der Waals surface area contributed by atoms with Crippen molar-refractivity contribution in [1.82, 2.24) is 9.88 Å². The fraction of sp³-hybridized carbons (Fsp3) is 0.188. The molecule has 0 bridgehead atoms. The van der Waals surface area contributed by atoms with Gasteiger partial charge < -0.3 is 4.52 Å². The second-order valence-corrected chi connectivity index (χ2v) is 8.17. The molecule has 0 aliphatic carbocycles. The van der Waals surface area contributed by atoms with E-state index in [-0.39, 0.29) is 11.4 Å². The molecule has 5 nitrogen and oxygen atoms in total. The Hall–Kier alpha value is -1.96. The van der Waals surface area contributed by atoms with Gasteiger partial charge in [0.05, 0.1) is 15.5 Å². The Balaban J connectivity index is 1.84. The van der Waals surface area contributed by atoms with Crippen LogP contribution in [0.1, 0.15) is 16.1 Å². The molecule has 2 aromatic heterocycles. The van der Waals surface area contributed by atoms with Crippen molar-refractivity contribution in [2.45, 2.75) is 25.3 Å². The number of sulfonamides is 1. The van der Waals surface area contributed by atoms with Crippen LogP contribution in [0.15, 0.2) is 51.9 Å². The Bertz CT molecular complexity index is 912. The average Bonchev–Trinajstić information content (AvgIpc) is 3.13. The second-order valence-electron chi connectivity index (χ2n) is 5.17. The van der Waals surface area contributed by atoms with Crippen molar-refractivity contribution in [2.75, 3.05) is 0 Å². The van der Waals surface area contributed by atoms with E-state index < -0.39 is 10.0 Å². The molecule has 7 heteroatoms. The number of nitrogens with one attached hydrogen (secondary N) is 1. The zero-order valence-corrected chi connectivity index (χ0v) is 14.4. The Morgan fingerprint density at radius 3 is 2.57 bits per heavy atom. The van der Waals surface area contributed by atoms with Gasteiger partial charge in [-0.3, -0.25) is 0 Å². The predicted molar refractivity (Wildman–Crippen MR) is 89.8 cm³/mol. The fourth-order valence-corrected chi connectivity index (χ4v) is 4.74. The zero-order chi connectivity index (χ0) is 16.4. The largest absolute Gasteiger partial charge is 0.355 e. The second kappa shape index (κ2) is 6.27. The van der Waals surface area contributed by atoms with Gasteiger partial charge >= 0.3 is 0 Å². The molecule has 0 unspecified atom stereocenters. The third-order valence-corrected chi connectivity index (χ3v) is 6.06. The van der Waals surface area contributed by atoms with E-state index >= 15 is 0 Å². The van der Waals surface area contributed by atoms with Gasteiger partial charge in [0, 0.05) is 17.5 Å². The maximum Gasteiger partial charge on any atom is 0.241 e. The predicted octanol–water partition coefficient (Wildman–Crippen LogP) is 3.50. The molecule has 2 heterocycles. The Morgan fingerprint density at radius 2 is 1.91 bits per heavy atom. The molecular weight excluding hydrogens is 332 g/mol. The number of nitrogens with zero attached hydrogens (tertiary/aromatic N) is 1. The van der Waals surface area contributed by atoms with E-state index in [0.717, 1.165) is 21.0 Å². The van der Waals surface area contributed by atoms with Crippen molar-refractivity contribution in [3.8, 4) is 10.6 Å². The summed E-state index contributed by atoms with van der Waals surface area (Å²) in [5.41, 5.74) is 1.67. The molecule has 0 amide bonds. The van der Waals surface area contributed by atoms with Gasteiger partial charge in [-0.05, 0) is 25.5 Å². The molecule has 0 spiro atoms. The minimum absolute atomic E-state index is 0.259. The Labute approximate surface area is 139 Å². The summed E-state index contributed by atoms with van der Waals surface area (Å²) in [6, 6.07) is 12.8. The van der Waals surface area contributed by atoms with Gasteiger partial charge in [0.1, 0.15) is 0 Å². The first-order valence-electron chi connectivity index (χ1n) is 7.03. The van der Waals surface area contributed by atoms with Crippen LogP contribution in [0.2, 0.25) is 0 Å².